The number of hydrogen-bond donors (Lipinski definition) is 1. The van der Waals surface area contributed by atoms with E-state index in [2.05, 4.69) is 17.0 Å². The highest BCUT2D eigenvalue weighted by molar-refractivity contribution is 5.95. The van der Waals surface area contributed by atoms with Crippen LogP contribution < -0.4 is 5.73 Å². The first-order valence-electron chi connectivity index (χ1n) is 7.51. The molecular formula is C16H21N5O. The molecule has 116 valence electrons. The monoisotopic (exact) mass is 299 g/mol. The van der Waals surface area contributed by atoms with E-state index in [1.807, 2.05) is 29.2 Å². The molecule has 0 aliphatic carbocycles. The molecule has 3 rings (SSSR count). The smallest absolute Gasteiger partial charge is 0.254 e. The average Bonchev–Trinajstić information content (AvgIpc) is 3.18. The second-order valence-corrected chi connectivity index (χ2v) is 6.24. The van der Waals surface area contributed by atoms with Crippen LogP contribution in [0.15, 0.2) is 36.9 Å². The molecule has 0 bridgehead atoms. The van der Waals surface area contributed by atoms with E-state index in [1.165, 1.54) is 6.33 Å². The van der Waals surface area contributed by atoms with Crippen LogP contribution in [0, 0.1) is 5.41 Å². The molecule has 1 aromatic heterocycles. The highest BCUT2D eigenvalue weighted by Crippen LogP contribution is 2.30. The lowest BCUT2D eigenvalue weighted by atomic mass is 9.90. The van der Waals surface area contributed by atoms with Crippen LogP contribution in [0.4, 0.5) is 0 Å². The number of carbonyl (C=O) groups excluding carboxylic acids is 1. The number of likely N-dealkylation sites (tertiary alicyclic amines) is 1. The summed E-state index contributed by atoms with van der Waals surface area (Å²) in [5.41, 5.74) is 7.56. The molecule has 1 amide bonds. The molecule has 1 fully saturated rings. The average molecular weight is 299 g/mol. The summed E-state index contributed by atoms with van der Waals surface area (Å²) in [5, 5.41) is 4.11. The van der Waals surface area contributed by atoms with Crippen LogP contribution in [0.2, 0.25) is 0 Å². The molecule has 2 aromatic rings. The molecule has 2 heterocycles. The lowest BCUT2D eigenvalue weighted by Gasteiger charge is -2.23. The maximum absolute atomic E-state index is 12.8. The predicted octanol–water partition coefficient (Wildman–Crippen LogP) is 1.14. The highest BCUT2D eigenvalue weighted by atomic mass is 16.2. The van der Waals surface area contributed by atoms with Crippen molar-refractivity contribution >= 4 is 5.91 Å². The van der Waals surface area contributed by atoms with Crippen molar-refractivity contribution in [1.82, 2.24) is 19.7 Å². The third-order valence-electron chi connectivity index (χ3n) is 4.38. The van der Waals surface area contributed by atoms with Crippen molar-refractivity contribution in [2.75, 3.05) is 19.6 Å². The van der Waals surface area contributed by atoms with Crippen molar-refractivity contribution in [3.63, 3.8) is 0 Å². The molecule has 6 heteroatoms. The SMILES string of the molecule is CC1(CN)CCN(C(=O)c2ccccc2Cn2cncn2)C1. The van der Waals surface area contributed by atoms with E-state index in [0.29, 0.717) is 13.1 Å². The summed E-state index contributed by atoms with van der Waals surface area (Å²) in [4.78, 5) is 18.7. The van der Waals surface area contributed by atoms with Crippen molar-refractivity contribution in [2.24, 2.45) is 11.1 Å². The van der Waals surface area contributed by atoms with Gasteiger partial charge in [-0.05, 0) is 30.0 Å². The van der Waals surface area contributed by atoms with E-state index in [-0.39, 0.29) is 11.3 Å². The van der Waals surface area contributed by atoms with Gasteiger partial charge in [0.15, 0.2) is 0 Å². The van der Waals surface area contributed by atoms with Gasteiger partial charge in [0.25, 0.3) is 5.91 Å². The molecule has 1 atom stereocenters. The number of nitrogens with two attached hydrogens (primary N) is 1. The number of nitrogens with zero attached hydrogens (tertiary/aromatic N) is 4. The Hall–Kier alpha value is -2.21. The summed E-state index contributed by atoms with van der Waals surface area (Å²) < 4.78 is 1.72. The van der Waals surface area contributed by atoms with Gasteiger partial charge < -0.3 is 10.6 Å². The zero-order valence-corrected chi connectivity index (χ0v) is 12.8. The third-order valence-corrected chi connectivity index (χ3v) is 4.38. The lowest BCUT2D eigenvalue weighted by molar-refractivity contribution is 0.0775. The number of rotatable bonds is 4. The Bertz CT molecular complexity index is 654. The van der Waals surface area contributed by atoms with Crippen molar-refractivity contribution in [3.05, 3.63) is 48.0 Å². The standard InChI is InChI=1S/C16H21N5O/c1-16(9-17)6-7-20(10-16)15(22)14-5-3-2-4-13(14)8-21-12-18-11-19-21/h2-5,11-12H,6-10,17H2,1H3. The minimum Gasteiger partial charge on any atom is -0.338 e. The summed E-state index contributed by atoms with van der Waals surface area (Å²) in [5.74, 6) is 0.0768. The van der Waals surface area contributed by atoms with Crippen molar-refractivity contribution < 1.29 is 4.79 Å². The number of carbonyl (C=O) groups is 1. The molecule has 0 radical (unpaired) electrons. The Balaban J connectivity index is 1.81. The van der Waals surface area contributed by atoms with E-state index in [1.54, 1.807) is 11.0 Å². The zero-order chi connectivity index (χ0) is 15.6. The summed E-state index contributed by atoms with van der Waals surface area (Å²) >= 11 is 0. The Kier molecular flexibility index (Phi) is 3.94. The van der Waals surface area contributed by atoms with Gasteiger partial charge in [0, 0.05) is 18.7 Å². The van der Waals surface area contributed by atoms with Gasteiger partial charge >= 0.3 is 0 Å². The molecular weight excluding hydrogens is 278 g/mol. The van der Waals surface area contributed by atoms with E-state index < -0.39 is 0 Å². The van der Waals surface area contributed by atoms with Gasteiger partial charge in [-0.25, -0.2) is 9.67 Å². The van der Waals surface area contributed by atoms with E-state index >= 15 is 0 Å². The van der Waals surface area contributed by atoms with E-state index in [0.717, 1.165) is 30.6 Å². The van der Waals surface area contributed by atoms with Crippen molar-refractivity contribution in [2.45, 2.75) is 19.9 Å². The van der Waals surface area contributed by atoms with E-state index in [9.17, 15) is 4.79 Å². The molecule has 1 aliphatic rings. The Morgan fingerprint density at radius 1 is 1.41 bits per heavy atom. The molecule has 1 aromatic carbocycles. The zero-order valence-electron chi connectivity index (χ0n) is 12.8. The first kappa shape index (κ1) is 14.7. The largest absolute Gasteiger partial charge is 0.338 e. The molecule has 1 saturated heterocycles. The quantitative estimate of drug-likeness (QED) is 0.918. The van der Waals surface area contributed by atoms with E-state index in [4.69, 9.17) is 5.73 Å². The van der Waals surface area contributed by atoms with Gasteiger partial charge in [-0.1, -0.05) is 25.1 Å². The third kappa shape index (κ3) is 2.87. The normalized spacial score (nSPS) is 21.3. The first-order valence-corrected chi connectivity index (χ1v) is 7.51. The topological polar surface area (TPSA) is 77.0 Å². The van der Waals surface area contributed by atoms with Crippen molar-refractivity contribution in [1.29, 1.82) is 0 Å². The van der Waals surface area contributed by atoms with Crippen molar-refractivity contribution in [3.8, 4) is 0 Å². The molecule has 1 aliphatic heterocycles. The van der Waals surface area contributed by atoms with Gasteiger partial charge in [-0.15, -0.1) is 0 Å². The van der Waals surface area contributed by atoms with Gasteiger partial charge in [0.2, 0.25) is 0 Å². The molecule has 1 unspecified atom stereocenters. The fourth-order valence-electron chi connectivity index (χ4n) is 2.89. The molecule has 0 spiro atoms. The van der Waals surface area contributed by atoms with Crippen LogP contribution in [0.3, 0.4) is 0 Å². The summed E-state index contributed by atoms with van der Waals surface area (Å²) in [6.07, 6.45) is 4.11. The summed E-state index contributed by atoms with van der Waals surface area (Å²) in [7, 11) is 0. The second-order valence-electron chi connectivity index (χ2n) is 6.24. The Labute approximate surface area is 129 Å². The number of amides is 1. The van der Waals surface area contributed by atoms with Gasteiger partial charge in [-0.2, -0.15) is 5.10 Å². The maximum atomic E-state index is 12.8. The Morgan fingerprint density at radius 3 is 2.91 bits per heavy atom. The molecule has 22 heavy (non-hydrogen) atoms. The molecule has 2 N–H and O–H groups in total. The van der Waals surface area contributed by atoms with Crippen LogP contribution in [0.5, 0.6) is 0 Å². The number of benzene rings is 1. The van der Waals surface area contributed by atoms with Crippen LogP contribution in [-0.4, -0.2) is 45.2 Å². The summed E-state index contributed by atoms with van der Waals surface area (Å²) in [6, 6.07) is 7.69. The number of aromatic nitrogens is 3. The van der Waals surface area contributed by atoms with Gasteiger partial charge in [-0.3, -0.25) is 4.79 Å². The molecule has 6 nitrogen and oxygen atoms in total. The first-order chi connectivity index (χ1) is 10.6. The van der Waals surface area contributed by atoms with Crippen LogP contribution in [-0.2, 0) is 6.54 Å². The van der Waals surface area contributed by atoms with Crippen LogP contribution in [0.1, 0.15) is 29.3 Å². The maximum Gasteiger partial charge on any atom is 0.254 e. The molecule has 0 saturated carbocycles. The Morgan fingerprint density at radius 2 is 2.23 bits per heavy atom. The van der Waals surface area contributed by atoms with Gasteiger partial charge in [0.05, 0.1) is 6.54 Å². The minimum atomic E-state index is 0.0382. The highest BCUT2D eigenvalue weighted by Gasteiger charge is 2.35. The fraction of sp³-hybridized carbons (Fsp3) is 0.438. The van der Waals surface area contributed by atoms with Crippen LogP contribution >= 0.6 is 0 Å². The predicted molar refractivity (Wildman–Crippen MR) is 83.2 cm³/mol. The fourth-order valence-corrected chi connectivity index (χ4v) is 2.89. The van der Waals surface area contributed by atoms with Crippen LogP contribution in [0.25, 0.3) is 0 Å². The lowest BCUT2D eigenvalue weighted by Crippen LogP contribution is -2.35. The second kappa shape index (κ2) is 5.88. The van der Waals surface area contributed by atoms with Gasteiger partial charge in [0.1, 0.15) is 12.7 Å². The number of hydrogen-bond acceptors (Lipinski definition) is 4. The minimum absolute atomic E-state index is 0.0382. The summed E-state index contributed by atoms with van der Waals surface area (Å²) in [6.45, 7) is 4.78.